The van der Waals surface area contributed by atoms with Gasteiger partial charge in [0.05, 0.1) is 6.61 Å². The third kappa shape index (κ3) is 3.92. The molecular formula is C14H19FN2O2. The second kappa shape index (κ2) is 6.52. The van der Waals surface area contributed by atoms with Gasteiger partial charge in [-0.1, -0.05) is 18.0 Å². The number of halogens is 1. The molecule has 2 rings (SSSR count). The molecule has 0 aromatic heterocycles. The summed E-state index contributed by atoms with van der Waals surface area (Å²) >= 11 is 0. The molecule has 1 aromatic carbocycles. The monoisotopic (exact) mass is 266 g/mol. The van der Waals surface area contributed by atoms with E-state index >= 15 is 0 Å². The van der Waals surface area contributed by atoms with Crippen molar-refractivity contribution in [3.8, 4) is 0 Å². The summed E-state index contributed by atoms with van der Waals surface area (Å²) in [5.74, 6) is 0.122. The van der Waals surface area contributed by atoms with E-state index in [0.717, 1.165) is 6.61 Å². The normalized spacial score (nSPS) is 17.0. The number of oxime groups is 1. The molecule has 0 heterocycles. The van der Waals surface area contributed by atoms with Gasteiger partial charge in [-0.2, -0.15) is 0 Å². The van der Waals surface area contributed by atoms with Crippen LogP contribution in [0.2, 0.25) is 0 Å². The zero-order valence-electron chi connectivity index (χ0n) is 10.8. The highest BCUT2D eigenvalue weighted by molar-refractivity contribution is 5.97. The molecule has 0 aliphatic heterocycles. The molecule has 0 spiro atoms. The molecule has 19 heavy (non-hydrogen) atoms. The fraction of sp³-hybridized carbons (Fsp3) is 0.500. The summed E-state index contributed by atoms with van der Waals surface area (Å²) in [5, 5.41) is 11.5. The Labute approximate surface area is 112 Å². The first-order chi connectivity index (χ1) is 9.19. The van der Waals surface area contributed by atoms with Crippen molar-refractivity contribution in [1.29, 1.82) is 0 Å². The molecule has 1 fully saturated rings. The topological polar surface area (TPSA) is 67.8 Å². The van der Waals surface area contributed by atoms with Gasteiger partial charge < -0.3 is 15.7 Å². The van der Waals surface area contributed by atoms with Crippen molar-refractivity contribution in [2.75, 3.05) is 6.61 Å². The predicted octanol–water partition coefficient (Wildman–Crippen LogP) is 2.63. The lowest BCUT2D eigenvalue weighted by Gasteiger charge is -2.10. The molecule has 1 aliphatic rings. The Bertz CT molecular complexity index is 457. The van der Waals surface area contributed by atoms with Crippen LogP contribution in [-0.2, 0) is 11.3 Å². The Hall–Kier alpha value is -1.62. The van der Waals surface area contributed by atoms with Gasteiger partial charge in [-0.3, -0.25) is 0 Å². The Morgan fingerprint density at radius 1 is 1.37 bits per heavy atom. The number of ether oxygens (including phenoxy) is 1. The zero-order chi connectivity index (χ0) is 13.7. The summed E-state index contributed by atoms with van der Waals surface area (Å²) in [6, 6.07) is 4.31. The number of nitrogens with two attached hydrogens (primary N) is 1. The van der Waals surface area contributed by atoms with Crippen molar-refractivity contribution in [3.05, 3.63) is 35.1 Å². The van der Waals surface area contributed by atoms with Crippen LogP contribution in [0.15, 0.2) is 23.4 Å². The van der Waals surface area contributed by atoms with Gasteiger partial charge in [-0.15, -0.1) is 0 Å². The highest BCUT2D eigenvalue weighted by Gasteiger charge is 2.15. The largest absolute Gasteiger partial charge is 0.409 e. The second-order valence-corrected chi connectivity index (χ2v) is 5.00. The maximum atomic E-state index is 13.4. The molecule has 0 atom stereocenters. The summed E-state index contributed by atoms with van der Waals surface area (Å²) in [6.45, 7) is 1.06. The molecule has 4 nitrogen and oxygen atoms in total. The van der Waals surface area contributed by atoms with Gasteiger partial charge >= 0.3 is 0 Å². The van der Waals surface area contributed by atoms with Crippen molar-refractivity contribution in [2.45, 2.75) is 32.3 Å². The van der Waals surface area contributed by atoms with Gasteiger partial charge in [0.2, 0.25) is 0 Å². The summed E-state index contributed by atoms with van der Waals surface area (Å²) < 4.78 is 19.0. The first-order valence-electron chi connectivity index (χ1n) is 6.54. The Balaban J connectivity index is 1.93. The summed E-state index contributed by atoms with van der Waals surface area (Å²) in [6.07, 6.45) is 5.00. The lowest BCUT2D eigenvalue weighted by atomic mass is 10.1. The minimum absolute atomic E-state index is 0.100. The second-order valence-electron chi connectivity index (χ2n) is 5.00. The van der Waals surface area contributed by atoms with E-state index < -0.39 is 5.82 Å². The van der Waals surface area contributed by atoms with Crippen LogP contribution in [-0.4, -0.2) is 17.6 Å². The Morgan fingerprint density at radius 3 is 2.79 bits per heavy atom. The highest BCUT2D eigenvalue weighted by atomic mass is 19.1. The standard InChI is InChI=1S/C14H19FN2O2/c15-13-6-11(5-12(7-13)14(16)17-18)9-19-8-10-3-1-2-4-10/h5-7,10,18H,1-4,8-9H2,(H2,16,17). The van der Waals surface area contributed by atoms with Gasteiger partial charge in [0.25, 0.3) is 0 Å². The molecule has 0 saturated heterocycles. The van der Waals surface area contributed by atoms with Crippen LogP contribution in [0.3, 0.4) is 0 Å². The van der Waals surface area contributed by atoms with Crippen molar-refractivity contribution in [2.24, 2.45) is 16.8 Å². The van der Waals surface area contributed by atoms with Gasteiger partial charge in [0.15, 0.2) is 5.84 Å². The number of hydrogen-bond acceptors (Lipinski definition) is 3. The van der Waals surface area contributed by atoms with Gasteiger partial charge in [0.1, 0.15) is 5.82 Å². The van der Waals surface area contributed by atoms with Crippen molar-refractivity contribution < 1.29 is 14.3 Å². The summed E-state index contributed by atoms with van der Waals surface area (Å²) in [4.78, 5) is 0. The summed E-state index contributed by atoms with van der Waals surface area (Å²) in [5.41, 5.74) is 6.51. The van der Waals surface area contributed by atoms with Crippen LogP contribution in [0, 0.1) is 11.7 Å². The molecule has 1 saturated carbocycles. The van der Waals surface area contributed by atoms with Crippen molar-refractivity contribution in [1.82, 2.24) is 0 Å². The van der Waals surface area contributed by atoms with E-state index in [1.54, 1.807) is 6.07 Å². The van der Waals surface area contributed by atoms with Crippen LogP contribution in [0.1, 0.15) is 36.8 Å². The predicted molar refractivity (Wildman–Crippen MR) is 70.5 cm³/mol. The molecule has 1 aromatic rings. The number of rotatable bonds is 5. The molecule has 1 aliphatic carbocycles. The molecule has 0 bridgehead atoms. The maximum Gasteiger partial charge on any atom is 0.170 e. The van der Waals surface area contributed by atoms with Crippen LogP contribution < -0.4 is 5.73 Å². The fourth-order valence-electron chi connectivity index (χ4n) is 2.46. The SMILES string of the molecule is N/C(=N/O)c1cc(F)cc(COCC2CCCC2)c1. The first kappa shape index (κ1) is 13.8. The molecule has 104 valence electrons. The van der Waals surface area contributed by atoms with E-state index in [1.165, 1.54) is 37.8 Å². The van der Waals surface area contributed by atoms with Crippen molar-refractivity contribution >= 4 is 5.84 Å². The van der Waals surface area contributed by atoms with Crippen molar-refractivity contribution in [3.63, 3.8) is 0 Å². The quantitative estimate of drug-likeness (QED) is 0.372. The fourth-order valence-corrected chi connectivity index (χ4v) is 2.46. The molecule has 0 amide bonds. The average Bonchev–Trinajstić information content (AvgIpc) is 2.90. The molecule has 0 unspecified atom stereocenters. The minimum Gasteiger partial charge on any atom is -0.409 e. The van der Waals surface area contributed by atoms with Crippen LogP contribution >= 0.6 is 0 Å². The lowest BCUT2D eigenvalue weighted by Crippen LogP contribution is -2.14. The zero-order valence-corrected chi connectivity index (χ0v) is 10.8. The van der Waals surface area contributed by atoms with E-state index in [4.69, 9.17) is 15.7 Å². The Kier molecular flexibility index (Phi) is 4.74. The lowest BCUT2D eigenvalue weighted by molar-refractivity contribution is 0.0887. The molecule has 5 heteroatoms. The maximum absolute atomic E-state index is 13.4. The van der Waals surface area contributed by atoms with Gasteiger partial charge in [0, 0.05) is 12.2 Å². The van der Waals surface area contributed by atoms with E-state index in [1.807, 2.05) is 0 Å². The number of amidine groups is 1. The van der Waals surface area contributed by atoms with Crippen LogP contribution in [0.25, 0.3) is 0 Å². The number of nitrogens with zero attached hydrogens (tertiary/aromatic N) is 1. The van der Waals surface area contributed by atoms with Gasteiger partial charge in [-0.25, -0.2) is 4.39 Å². The van der Waals surface area contributed by atoms with Crippen LogP contribution in [0.4, 0.5) is 4.39 Å². The van der Waals surface area contributed by atoms with Gasteiger partial charge in [-0.05, 0) is 42.5 Å². The highest BCUT2D eigenvalue weighted by Crippen LogP contribution is 2.25. The smallest absolute Gasteiger partial charge is 0.170 e. The van der Waals surface area contributed by atoms with E-state index in [2.05, 4.69) is 5.16 Å². The molecule has 3 N–H and O–H groups in total. The number of benzene rings is 1. The Morgan fingerprint density at radius 2 is 2.11 bits per heavy atom. The average molecular weight is 266 g/mol. The minimum atomic E-state index is -0.413. The number of hydrogen-bond donors (Lipinski definition) is 2. The third-order valence-corrected chi connectivity index (χ3v) is 3.46. The molecule has 0 radical (unpaired) electrons. The van der Waals surface area contributed by atoms with E-state index in [0.29, 0.717) is 23.7 Å². The van der Waals surface area contributed by atoms with E-state index in [-0.39, 0.29) is 5.84 Å². The third-order valence-electron chi connectivity index (χ3n) is 3.46. The van der Waals surface area contributed by atoms with E-state index in [9.17, 15) is 4.39 Å². The summed E-state index contributed by atoms with van der Waals surface area (Å²) in [7, 11) is 0. The van der Waals surface area contributed by atoms with Crippen LogP contribution in [0.5, 0.6) is 0 Å². The first-order valence-corrected chi connectivity index (χ1v) is 6.54. The molecular weight excluding hydrogens is 247 g/mol.